The molecule has 0 saturated heterocycles. The number of ether oxygens (including phenoxy) is 2. The summed E-state index contributed by atoms with van der Waals surface area (Å²) in [5.74, 6) is -0.101. The van der Waals surface area contributed by atoms with E-state index in [1.807, 2.05) is 12.3 Å². The number of hydrogen-bond acceptors (Lipinski definition) is 5. The summed E-state index contributed by atoms with van der Waals surface area (Å²) in [6.45, 7) is 1.51. The van der Waals surface area contributed by atoms with Crippen LogP contribution >= 0.6 is 11.8 Å². The van der Waals surface area contributed by atoms with Crippen LogP contribution in [0.1, 0.15) is 17.3 Å². The number of nitrogens with zero attached hydrogens (tertiary/aromatic N) is 1. The number of esters is 1. The summed E-state index contributed by atoms with van der Waals surface area (Å²) in [6.07, 6.45) is 1.16. The highest BCUT2D eigenvalue weighted by Crippen LogP contribution is 2.26. The Bertz CT molecular complexity index is 454. The number of carbonyl (C=O) groups excluding carboxylic acids is 1. The van der Waals surface area contributed by atoms with Gasteiger partial charge in [-0.05, 0) is 31.4 Å². The Kier molecular flexibility index (Phi) is 4.85. The molecular formula is C12H13NO3S. The molecule has 0 aliphatic rings. The van der Waals surface area contributed by atoms with Crippen LogP contribution in [0.4, 0.5) is 0 Å². The molecular weight excluding hydrogens is 238 g/mol. The monoisotopic (exact) mass is 251 g/mol. The zero-order valence-electron chi connectivity index (χ0n) is 9.89. The SMILES string of the molecule is COc1cc(SC)ccc1C(=O)O[C@H](C)C#N. The van der Waals surface area contributed by atoms with Crippen LogP contribution in [-0.2, 0) is 4.74 Å². The highest BCUT2D eigenvalue weighted by Gasteiger charge is 2.16. The lowest BCUT2D eigenvalue weighted by Gasteiger charge is -2.10. The van der Waals surface area contributed by atoms with Crippen molar-refractivity contribution in [1.29, 1.82) is 5.26 Å². The van der Waals surface area contributed by atoms with Crippen LogP contribution in [0.5, 0.6) is 5.75 Å². The number of nitriles is 1. The lowest BCUT2D eigenvalue weighted by molar-refractivity contribution is 0.0432. The minimum absolute atomic E-state index is 0.326. The second-order valence-electron chi connectivity index (χ2n) is 3.24. The Morgan fingerprint density at radius 2 is 2.24 bits per heavy atom. The van der Waals surface area contributed by atoms with Crippen molar-refractivity contribution in [2.24, 2.45) is 0 Å². The molecule has 0 unspecified atom stereocenters. The van der Waals surface area contributed by atoms with E-state index in [4.69, 9.17) is 14.7 Å². The second-order valence-corrected chi connectivity index (χ2v) is 4.12. The highest BCUT2D eigenvalue weighted by atomic mass is 32.2. The van der Waals surface area contributed by atoms with E-state index in [9.17, 15) is 4.79 Å². The van der Waals surface area contributed by atoms with E-state index in [0.29, 0.717) is 11.3 Å². The smallest absolute Gasteiger partial charge is 0.343 e. The van der Waals surface area contributed by atoms with Crippen LogP contribution in [0.15, 0.2) is 23.1 Å². The van der Waals surface area contributed by atoms with Crippen molar-refractivity contribution in [3.63, 3.8) is 0 Å². The zero-order valence-corrected chi connectivity index (χ0v) is 10.7. The molecule has 0 radical (unpaired) electrons. The molecule has 0 aliphatic heterocycles. The van der Waals surface area contributed by atoms with Crippen molar-refractivity contribution in [3.8, 4) is 11.8 Å². The van der Waals surface area contributed by atoms with Gasteiger partial charge in [-0.15, -0.1) is 11.8 Å². The predicted molar refractivity (Wildman–Crippen MR) is 65.3 cm³/mol. The Morgan fingerprint density at radius 1 is 1.53 bits per heavy atom. The molecule has 1 rings (SSSR count). The summed E-state index contributed by atoms with van der Waals surface area (Å²) in [7, 11) is 1.49. The van der Waals surface area contributed by atoms with Gasteiger partial charge in [0.15, 0.2) is 6.10 Å². The second kappa shape index (κ2) is 6.16. The maximum atomic E-state index is 11.7. The van der Waals surface area contributed by atoms with E-state index in [2.05, 4.69) is 0 Å². The average molecular weight is 251 g/mol. The molecule has 90 valence electrons. The molecule has 0 fully saturated rings. The maximum absolute atomic E-state index is 11.7. The van der Waals surface area contributed by atoms with Crippen molar-refractivity contribution in [1.82, 2.24) is 0 Å². The van der Waals surface area contributed by atoms with Gasteiger partial charge in [0.1, 0.15) is 17.4 Å². The fraction of sp³-hybridized carbons (Fsp3) is 0.333. The van der Waals surface area contributed by atoms with Gasteiger partial charge >= 0.3 is 5.97 Å². The standard InChI is InChI=1S/C12H13NO3S/c1-8(7-13)16-12(14)10-5-4-9(17-3)6-11(10)15-2/h4-6,8H,1-3H3/t8-/m1/s1. The van der Waals surface area contributed by atoms with Gasteiger partial charge in [0.05, 0.1) is 7.11 Å². The van der Waals surface area contributed by atoms with Crippen LogP contribution in [0.2, 0.25) is 0 Å². The number of carbonyl (C=O) groups is 1. The quantitative estimate of drug-likeness (QED) is 0.607. The average Bonchev–Trinajstić information content (AvgIpc) is 2.37. The van der Waals surface area contributed by atoms with Gasteiger partial charge in [-0.1, -0.05) is 0 Å². The molecule has 0 aliphatic carbocycles. The van der Waals surface area contributed by atoms with Crippen molar-refractivity contribution in [3.05, 3.63) is 23.8 Å². The Morgan fingerprint density at radius 3 is 2.76 bits per heavy atom. The summed E-state index contributed by atoms with van der Waals surface area (Å²) in [5.41, 5.74) is 0.326. The van der Waals surface area contributed by atoms with Crippen molar-refractivity contribution in [2.45, 2.75) is 17.9 Å². The van der Waals surface area contributed by atoms with Gasteiger partial charge in [-0.25, -0.2) is 4.79 Å². The summed E-state index contributed by atoms with van der Waals surface area (Å²) in [4.78, 5) is 12.7. The Hall–Kier alpha value is -1.67. The largest absolute Gasteiger partial charge is 0.496 e. The van der Waals surface area contributed by atoms with E-state index in [1.165, 1.54) is 14.0 Å². The fourth-order valence-electron chi connectivity index (χ4n) is 1.22. The van der Waals surface area contributed by atoms with E-state index >= 15 is 0 Å². The summed E-state index contributed by atoms with van der Waals surface area (Å²) in [6, 6.07) is 7.04. The van der Waals surface area contributed by atoms with E-state index in [0.717, 1.165) is 4.90 Å². The van der Waals surface area contributed by atoms with Gasteiger partial charge in [0, 0.05) is 4.90 Å². The van der Waals surface area contributed by atoms with Gasteiger partial charge in [0.25, 0.3) is 0 Å². The first-order valence-electron chi connectivity index (χ1n) is 4.95. The molecule has 0 amide bonds. The highest BCUT2D eigenvalue weighted by molar-refractivity contribution is 7.98. The van der Waals surface area contributed by atoms with Crippen LogP contribution in [0.25, 0.3) is 0 Å². The molecule has 4 nitrogen and oxygen atoms in total. The minimum atomic E-state index is -0.771. The Balaban J connectivity index is 2.97. The van der Waals surface area contributed by atoms with Crippen molar-refractivity contribution < 1.29 is 14.3 Å². The number of benzene rings is 1. The van der Waals surface area contributed by atoms with Crippen LogP contribution in [0.3, 0.4) is 0 Å². The van der Waals surface area contributed by atoms with Gasteiger partial charge in [-0.2, -0.15) is 5.26 Å². The number of methoxy groups -OCH3 is 1. The van der Waals surface area contributed by atoms with E-state index in [1.54, 1.807) is 30.0 Å². The van der Waals surface area contributed by atoms with E-state index < -0.39 is 12.1 Å². The topological polar surface area (TPSA) is 59.3 Å². The first-order chi connectivity index (χ1) is 8.12. The third-order valence-corrected chi connectivity index (χ3v) is 2.82. The van der Waals surface area contributed by atoms with Crippen LogP contribution in [-0.4, -0.2) is 25.4 Å². The van der Waals surface area contributed by atoms with Crippen molar-refractivity contribution in [2.75, 3.05) is 13.4 Å². The number of thioether (sulfide) groups is 1. The molecule has 0 N–H and O–H groups in total. The third-order valence-electron chi connectivity index (χ3n) is 2.09. The van der Waals surface area contributed by atoms with Crippen LogP contribution < -0.4 is 4.74 Å². The number of rotatable bonds is 4. The van der Waals surface area contributed by atoms with Crippen molar-refractivity contribution >= 4 is 17.7 Å². The summed E-state index contributed by atoms with van der Waals surface area (Å²) < 4.78 is 10.0. The lowest BCUT2D eigenvalue weighted by atomic mass is 10.2. The molecule has 0 heterocycles. The molecule has 0 spiro atoms. The summed E-state index contributed by atoms with van der Waals surface area (Å²) in [5, 5.41) is 8.58. The van der Waals surface area contributed by atoms with Crippen LogP contribution in [0, 0.1) is 11.3 Å². The normalized spacial score (nSPS) is 11.4. The molecule has 1 aromatic carbocycles. The first-order valence-corrected chi connectivity index (χ1v) is 6.17. The molecule has 17 heavy (non-hydrogen) atoms. The molecule has 1 atom stereocenters. The third kappa shape index (κ3) is 3.40. The van der Waals surface area contributed by atoms with E-state index in [-0.39, 0.29) is 0 Å². The Labute approximate surface area is 105 Å². The fourth-order valence-corrected chi connectivity index (χ4v) is 1.65. The number of hydrogen-bond donors (Lipinski definition) is 0. The van der Waals surface area contributed by atoms with Gasteiger partial charge in [0.2, 0.25) is 0 Å². The maximum Gasteiger partial charge on any atom is 0.343 e. The van der Waals surface area contributed by atoms with Gasteiger partial charge < -0.3 is 9.47 Å². The predicted octanol–water partition coefficient (Wildman–Crippen LogP) is 2.49. The molecule has 0 saturated carbocycles. The molecule has 5 heteroatoms. The first kappa shape index (κ1) is 13.4. The summed E-state index contributed by atoms with van der Waals surface area (Å²) >= 11 is 1.55. The van der Waals surface area contributed by atoms with Gasteiger partial charge in [-0.3, -0.25) is 0 Å². The molecule has 0 aromatic heterocycles. The zero-order chi connectivity index (χ0) is 12.8. The lowest BCUT2D eigenvalue weighted by Crippen LogP contribution is -2.14. The molecule has 0 bridgehead atoms. The molecule has 1 aromatic rings. The minimum Gasteiger partial charge on any atom is -0.496 e.